The van der Waals surface area contributed by atoms with Crippen molar-refractivity contribution in [1.82, 2.24) is 0 Å². The predicted molar refractivity (Wildman–Crippen MR) is 71.9 cm³/mol. The van der Waals surface area contributed by atoms with Gasteiger partial charge in [0.15, 0.2) is 0 Å². The molecule has 0 radical (unpaired) electrons. The number of hydrogen-bond donors (Lipinski definition) is 1. The number of nitrogens with one attached hydrogen (secondary N) is 1. The van der Waals surface area contributed by atoms with Gasteiger partial charge in [-0.2, -0.15) is 0 Å². The number of benzene rings is 1. The zero-order chi connectivity index (χ0) is 13.8. The summed E-state index contributed by atoms with van der Waals surface area (Å²) in [5.74, 6) is 0.517. The molecule has 18 heavy (non-hydrogen) atoms. The van der Waals surface area contributed by atoms with E-state index in [0.717, 1.165) is 11.4 Å². The van der Waals surface area contributed by atoms with Crippen LogP contribution in [0.1, 0.15) is 27.7 Å². The third-order valence-electron chi connectivity index (χ3n) is 2.23. The van der Waals surface area contributed by atoms with Gasteiger partial charge in [-0.25, -0.2) is 4.79 Å². The van der Waals surface area contributed by atoms with E-state index in [1.165, 1.54) is 0 Å². The molecule has 4 nitrogen and oxygen atoms in total. The quantitative estimate of drug-likeness (QED) is 0.836. The molecule has 0 saturated heterocycles. The molecule has 0 amide bonds. The van der Waals surface area contributed by atoms with Gasteiger partial charge in [0, 0.05) is 5.69 Å². The lowest BCUT2D eigenvalue weighted by atomic mass is 10.2. The largest absolute Gasteiger partial charge is 0.497 e. The molecule has 0 bridgehead atoms. The Kier molecular flexibility index (Phi) is 4.59. The van der Waals surface area contributed by atoms with Gasteiger partial charge in [-0.1, -0.05) is 0 Å². The monoisotopic (exact) mass is 251 g/mol. The van der Waals surface area contributed by atoms with Crippen molar-refractivity contribution in [3.05, 3.63) is 24.3 Å². The smallest absolute Gasteiger partial charge is 0.328 e. The molecule has 0 heterocycles. The molecule has 0 unspecified atom stereocenters. The highest BCUT2D eigenvalue weighted by Gasteiger charge is 2.21. The van der Waals surface area contributed by atoms with Gasteiger partial charge < -0.3 is 14.8 Å². The van der Waals surface area contributed by atoms with E-state index in [9.17, 15) is 4.79 Å². The maximum atomic E-state index is 11.8. The fourth-order valence-electron chi connectivity index (χ4n) is 1.39. The molecule has 4 heteroatoms. The van der Waals surface area contributed by atoms with Crippen molar-refractivity contribution in [2.24, 2.45) is 0 Å². The molecule has 0 aliphatic heterocycles. The second kappa shape index (κ2) is 5.76. The van der Waals surface area contributed by atoms with Gasteiger partial charge in [-0.05, 0) is 52.0 Å². The van der Waals surface area contributed by atoms with Gasteiger partial charge in [0.2, 0.25) is 0 Å². The summed E-state index contributed by atoms with van der Waals surface area (Å²) in [5.41, 5.74) is 0.390. The first-order valence-corrected chi connectivity index (χ1v) is 5.95. The molecular formula is C14H21NO3. The first-order chi connectivity index (χ1) is 8.31. The molecule has 0 saturated carbocycles. The van der Waals surface area contributed by atoms with E-state index in [4.69, 9.17) is 9.47 Å². The standard InChI is InChI=1S/C14H21NO3/c1-10(13(16)18-14(2,3)4)15-11-6-8-12(17-5)9-7-11/h6-10,15H,1-5H3/t10-/m0/s1. The van der Waals surface area contributed by atoms with E-state index in [-0.39, 0.29) is 5.97 Å². The lowest BCUT2D eigenvalue weighted by molar-refractivity contribution is -0.155. The summed E-state index contributed by atoms with van der Waals surface area (Å²) in [5, 5.41) is 3.09. The zero-order valence-corrected chi connectivity index (χ0v) is 11.6. The molecule has 1 aromatic rings. The summed E-state index contributed by atoms with van der Waals surface area (Å²) in [7, 11) is 1.62. The summed E-state index contributed by atoms with van der Waals surface area (Å²) in [6, 6.07) is 7.01. The first-order valence-electron chi connectivity index (χ1n) is 5.95. The lowest BCUT2D eigenvalue weighted by Crippen LogP contribution is -2.34. The fourth-order valence-corrected chi connectivity index (χ4v) is 1.39. The Morgan fingerprint density at radius 3 is 2.22 bits per heavy atom. The molecule has 0 spiro atoms. The van der Waals surface area contributed by atoms with Crippen molar-refractivity contribution in [3.8, 4) is 5.75 Å². The van der Waals surface area contributed by atoms with Crippen LogP contribution in [0.2, 0.25) is 0 Å². The van der Waals surface area contributed by atoms with Gasteiger partial charge in [0.25, 0.3) is 0 Å². The van der Waals surface area contributed by atoms with Crippen molar-refractivity contribution in [2.45, 2.75) is 39.3 Å². The van der Waals surface area contributed by atoms with Crippen LogP contribution in [0.15, 0.2) is 24.3 Å². The Bertz CT molecular complexity index is 392. The molecule has 0 aliphatic rings. The number of hydrogen-bond acceptors (Lipinski definition) is 4. The second-order valence-corrected chi connectivity index (χ2v) is 5.13. The fraction of sp³-hybridized carbons (Fsp3) is 0.500. The third-order valence-corrected chi connectivity index (χ3v) is 2.23. The van der Waals surface area contributed by atoms with Crippen LogP contribution in [-0.2, 0) is 9.53 Å². The normalized spacial score (nSPS) is 12.7. The number of carbonyl (C=O) groups is 1. The highest BCUT2D eigenvalue weighted by atomic mass is 16.6. The van der Waals surface area contributed by atoms with Crippen LogP contribution in [0.25, 0.3) is 0 Å². The lowest BCUT2D eigenvalue weighted by Gasteiger charge is -2.23. The maximum absolute atomic E-state index is 11.8. The number of carbonyl (C=O) groups excluding carboxylic acids is 1. The Morgan fingerprint density at radius 2 is 1.78 bits per heavy atom. The van der Waals surface area contributed by atoms with Gasteiger partial charge in [-0.15, -0.1) is 0 Å². The highest BCUT2D eigenvalue weighted by molar-refractivity contribution is 5.79. The summed E-state index contributed by atoms with van der Waals surface area (Å²) in [6.07, 6.45) is 0. The van der Waals surface area contributed by atoms with Crippen LogP contribution in [0.4, 0.5) is 5.69 Å². The molecule has 0 aromatic heterocycles. The number of methoxy groups -OCH3 is 1. The van der Waals surface area contributed by atoms with E-state index in [2.05, 4.69) is 5.32 Å². The van der Waals surface area contributed by atoms with Gasteiger partial charge in [0.05, 0.1) is 7.11 Å². The van der Waals surface area contributed by atoms with Gasteiger partial charge in [-0.3, -0.25) is 0 Å². The Balaban J connectivity index is 2.58. The molecule has 1 atom stereocenters. The third kappa shape index (κ3) is 4.65. The van der Waals surface area contributed by atoms with Crippen LogP contribution in [-0.4, -0.2) is 24.7 Å². The summed E-state index contributed by atoms with van der Waals surface area (Å²) in [6.45, 7) is 7.33. The van der Waals surface area contributed by atoms with E-state index < -0.39 is 11.6 Å². The molecule has 0 aliphatic carbocycles. The zero-order valence-electron chi connectivity index (χ0n) is 11.6. The first kappa shape index (κ1) is 14.4. The topological polar surface area (TPSA) is 47.6 Å². The Hall–Kier alpha value is -1.71. The number of ether oxygens (including phenoxy) is 2. The maximum Gasteiger partial charge on any atom is 0.328 e. The average Bonchev–Trinajstić information content (AvgIpc) is 2.27. The van der Waals surface area contributed by atoms with Gasteiger partial charge in [0.1, 0.15) is 17.4 Å². The molecule has 1 aromatic carbocycles. The summed E-state index contributed by atoms with van der Waals surface area (Å²) >= 11 is 0. The SMILES string of the molecule is COc1ccc(N[C@@H](C)C(=O)OC(C)(C)C)cc1. The van der Waals surface area contributed by atoms with Crippen LogP contribution in [0.5, 0.6) is 5.75 Å². The summed E-state index contributed by atoms with van der Waals surface area (Å²) in [4.78, 5) is 11.8. The Labute approximate surface area is 108 Å². The molecule has 0 fully saturated rings. The van der Waals surface area contributed by atoms with Crippen molar-refractivity contribution < 1.29 is 14.3 Å². The molecule has 1 N–H and O–H groups in total. The van der Waals surface area contributed by atoms with Crippen molar-refractivity contribution in [2.75, 3.05) is 12.4 Å². The molecule has 1 rings (SSSR count). The van der Waals surface area contributed by atoms with E-state index in [1.807, 2.05) is 45.0 Å². The minimum absolute atomic E-state index is 0.265. The molecule has 100 valence electrons. The molecular weight excluding hydrogens is 230 g/mol. The minimum Gasteiger partial charge on any atom is -0.497 e. The van der Waals surface area contributed by atoms with E-state index in [0.29, 0.717) is 0 Å². The van der Waals surface area contributed by atoms with Crippen LogP contribution in [0, 0.1) is 0 Å². The number of rotatable bonds is 4. The number of anilines is 1. The minimum atomic E-state index is -0.465. The average molecular weight is 251 g/mol. The van der Waals surface area contributed by atoms with Crippen molar-refractivity contribution >= 4 is 11.7 Å². The van der Waals surface area contributed by atoms with Crippen molar-refractivity contribution in [3.63, 3.8) is 0 Å². The van der Waals surface area contributed by atoms with Gasteiger partial charge >= 0.3 is 5.97 Å². The Morgan fingerprint density at radius 1 is 1.22 bits per heavy atom. The summed E-state index contributed by atoms with van der Waals surface area (Å²) < 4.78 is 10.4. The predicted octanol–water partition coefficient (Wildman–Crippen LogP) is 2.84. The second-order valence-electron chi connectivity index (χ2n) is 5.13. The van der Waals surface area contributed by atoms with Crippen LogP contribution in [0.3, 0.4) is 0 Å². The van der Waals surface area contributed by atoms with E-state index in [1.54, 1.807) is 14.0 Å². The highest BCUT2D eigenvalue weighted by Crippen LogP contribution is 2.16. The van der Waals surface area contributed by atoms with E-state index >= 15 is 0 Å². The van der Waals surface area contributed by atoms with Crippen LogP contribution < -0.4 is 10.1 Å². The van der Waals surface area contributed by atoms with Crippen LogP contribution >= 0.6 is 0 Å². The van der Waals surface area contributed by atoms with Crippen molar-refractivity contribution in [1.29, 1.82) is 0 Å². The number of esters is 1.